The predicted octanol–water partition coefficient (Wildman–Crippen LogP) is 3.82. The Bertz CT molecular complexity index is 376. The Morgan fingerprint density at radius 1 is 1.59 bits per heavy atom. The average molecular weight is 385 g/mol. The summed E-state index contributed by atoms with van der Waals surface area (Å²) in [5, 5.41) is 2.98. The molecule has 1 amide bonds. The second-order valence-electron chi connectivity index (χ2n) is 3.65. The van der Waals surface area contributed by atoms with Gasteiger partial charge in [-0.3, -0.25) is 4.79 Å². The minimum Gasteiger partial charge on any atom is -0.383 e. The van der Waals surface area contributed by atoms with E-state index in [1.165, 1.54) is 11.3 Å². The number of methoxy groups -OCH3 is 1. The van der Waals surface area contributed by atoms with Crippen LogP contribution in [-0.2, 0) is 4.74 Å². The SMILES string of the molecule is CCCC(COC)NC(=O)c1cc(Br)sc1Br. The zero-order chi connectivity index (χ0) is 12.8. The molecule has 0 aromatic carbocycles. The molecule has 0 saturated heterocycles. The molecule has 0 spiro atoms. The largest absolute Gasteiger partial charge is 0.383 e. The van der Waals surface area contributed by atoms with Gasteiger partial charge in [-0.15, -0.1) is 11.3 Å². The number of rotatable bonds is 6. The summed E-state index contributed by atoms with van der Waals surface area (Å²) in [6.07, 6.45) is 1.94. The first-order valence-electron chi connectivity index (χ1n) is 5.33. The molecule has 17 heavy (non-hydrogen) atoms. The number of carbonyl (C=O) groups is 1. The lowest BCUT2D eigenvalue weighted by Gasteiger charge is -2.16. The van der Waals surface area contributed by atoms with Crippen molar-refractivity contribution in [1.82, 2.24) is 5.32 Å². The summed E-state index contributed by atoms with van der Waals surface area (Å²) in [6.45, 7) is 2.63. The van der Waals surface area contributed by atoms with Crippen molar-refractivity contribution in [1.29, 1.82) is 0 Å². The normalized spacial score (nSPS) is 12.5. The van der Waals surface area contributed by atoms with Crippen molar-refractivity contribution in [2.75, 3.05) is 13.7 Å². The summed E-state index contributed by atoms with van der Waals surface area (Å²) in [7, 11) is 1.64. The van der Waals surface area contributed by atoms with Crippen LogP contribution in [0.2, 0.25) is 0 Å². The van der Waals surface area contributed by atoms with Gasteiger partial charge in [-0.2, -0.15) is 0 Å². The molecule has 1 atom stereocenters. The Hall–Kier alpha value is 0.0900. The molecule has 1 aromatic heterocycles. The molecule has 0 saturated carbocycles. The summed E-state index contributed by atoms with van der Waals surface area (Å²) in [5.74, 6) is -0.0608. The van der Waals surface area contributed by atoms with E-state index in [0.717, 1.165) is 20.4 Å². The minimum absolute atomic E-state index is 0.0608. The van der Waals surface area contributed by atoms with Crippen LogP contribution in [0.1, 0.15) is 30.1 Å². The molecule has 1 rings (SSSR count). The fourth-order valence-electron chi connectivity index (χ4n) is 1.51. The monoisotopic (exact) mass is 383 g/mol. The van der Waals surface area contributed by atoms with E-state index in [-0.39, 0.29) is 11.9 Å². The predicted molar refractivity (Wildman–Crippen MR) is 77.8 cm³/mol. The number of amides is 1. The van der Waals surface area contributed by atoms with E-state index in [9.17, 15) is 4.79 Å². The highest BCUT2D eigenvalue weighted by Gasteiger charge is 2.17. The van der Waals surface area contributed by atoms with Crippen LogP contribution in [0.15, 0.2) is 13.6 Å². The topological polar surface area (TPSA) is 38.3 Å². The van der Waals surface area contributed by atoms with E-state index in [2.05, 4.69) is 44.1 Å². The highest BCUT2D eigenvalue weighted by molar-refractivity contribution is 9.12. The average Bonchev–Trinajstić information content (AvgIpc) is 2.58. The minimum atomic E-state index is -0.0608. The van der Waals surface area contributed by atoms with E-state index in [0.29, 0.717) is 12.2 Å². The molecule has 3 nitrogen and oxygen atoms in total. The summed E-state index contributed by atoms with van der Waals surface area (Å²) in [6, 6.07) is 1.89. The van der Waals surface area contributed by atoms with Crippen LogP contribution >= 0.6 is 43.2 Å². The van der Waals surface area contributed by atoms with Crippen LogP contribution in [0, 0.1) is 0 Å². The van der Waals surface area contributed by atoms with Crippen molar-refractivity contribution >= 4 is 49.1 Å². The molecular weight excluding hydrogens is 370 g/mol. The molecule has 0 fully saturated rings. The van der Waals surface area contributed by atoms with Gasteiger partial charge in [0.25, 0.3) is 5.91 Å². The maximum atomic E-state index is 12.0. The fourth-order valence-corrected chi connectivity index (χ4v) is 4.30. The van der Waals surface area contributed by atoms with Crippen molar-refractivity contribution in [3.05, 3.63) is 19.2 Å². The van der Waals surface area contributed by atoms with E-state index in [1.807, 2.05) is 6.07 Å². The lowest BCUT2D eigenvalue weighted by molar-refractivity contribution is 0.0891. The van der Waals surface area contributed by atoms with Gasteiger partial charge in [0.05, 0.1) is 25.8 Å². The van der Waals surface area contributed by atoms with Crippen LogP contribution < -0.4 is 5.32 Å². The molecule has 1 heterocycles. The Balaban J connectivity index is 2.66. The first-order valence-corrected chi connectivity index (χ1v) is 7.73. The molecule has 0 aliphatic carbocycles. The van der Waals surface area contributed by atoms with Crippen LogP contribution in [-0.4, -0.2) is 25.7 Å². The van der Waals surface area contributed by atoms with Gasteiger partial charge in [0.2, 0.25) is 0 Å². The third-order valence-electron chi connectivity index (χ3n) is 2.24. The summed E-state index contributed by atoms with van der Waals surface area (Å²) >= 11 is 8.24. The van der Waals surface area contributed by atoms with Crippen molar-refractivity contribution in [2.24, 2.45) is 0 Å². The molecule has 0 aliphatic rings. The molecule has 0 bridgehead atoms. The van der Waals surface area contributed by atoms with E-state index < -0.39 is 0 Å². The second-order valence-corrected chi connectivity index (χ2v) is 7.40. The van der Waals surface area contributed by atoms with Gasteiger partial charge in [0, 0.05) is 7.11 Å². The van der Waals surface area contributed by atoms with Gasteiger partial charge >= 0.3 is 0 Å². The number of hydrogen-bond acceptors (Lipinski definition) is 3. The molecule has 1 N–H and O–H groups in total. The third kappa shape index (κ3) is 4.69. The highest BCUT2D eigenvalue weighted by Crippen LogP contribution is 2.31. The second kappa shape index (κ2) is 7.51. The first kappa shape index (κ1) is 15.1. The zero-order valence-electron chi connectivity index (χ0n) is 9.76. The maximum Gasteiger partial charge on any atom is 0.253 e. The first-order chi connectivity index (χ1) is 8.08. The summed E-state index contributed by atoms with van der Waals surface area (Å²) in [4.78, 5) is 12.0. The van der Waals surface area contributed by atoms with Crippen LogP contribution in [0.4, 0.5) is 0 Å². The Morgan fingerprint density at radius 3 is 2.76 bits per heavy atom. The summed E-state index contributed by atoms with van der Waals surface area (Å²) in [5.41, 5.74) is 0.666. The molecule has 6 heteroatoms. The molecule has 0 radical (unpaired) electrons. The van der Waals surface area contributed by atoms with Crippen LogP contribution in [0.25, 0.3) is 0 Å². The van der Waals surface area contributed by atoms with E-state index >= 15 is 0 Å². The number of halogens is 2. The molecule has 1 unspecified atom stereocenters. The molecule has 0 aliphatic heterocycles. The number of nitrogens with one attached hydrogen (secondary N) is 1. The number of hydrogen-bond donors (Lipinski definition) is 1. The lowest BCUT2D eigenvalue weighted by atomic mass is 10.1. The zero-order valence-corrected chi connectivity index (χ0v) is 13.7. The van der Waals surface area contributed by atoms with Gasteiger partial charge in [-0.1, -0.05) is 13.3 Å². The Kier molecular flexibility index (Phi) is 6.69. The van der Waals surface area contributed by atoms with Gasteiger partial charge in [-0.05, 0) is 44.3 Å². The maximum absolute atomic E-state index is 12.0. The van der Waals surface area contributed by atoms with Crippen molar-refractivity contribution in [3.8, 4) is 0 Å². The molecule has 96 valence electrons. The molecular formula is C11H15Br2NO2S. The van der Waals surface area contributed by atoms with Gasteiger partial charge in [-0.25, -0.2) is 0 Å². The van der Waals surface area contributed by atoms with E-state index in [4.69, 9.17) is 4.74 Å². The molecule has 1 aromatic rings. The highest BCUT2D eigenvalue weighted by atomic mass is 79.9. The van der Waals surface area contributed by atoms with Gasteiger partial charge in [0.1, 0.15) is 0 Å². The Labute approximate surface area is 122 Å². The third-order valence-corrected chi connectivity index (χ3v) is 4.58. The van der Waals surface area contributed by atoms with Crippen molar-refractivity contribution in [2.45, 2.75) is 25.8 Å². The smallest absolute Gasteiger partial charge is 0.253 e. The van der Waals surface area contributed by atoms with Crippen LogP contribution in [0.3, 0.4) is 0 Å². The van der Waals surface area contributed by atoms with Gasteiger partial charge in [0.15, 0.2) is 0 Å². The standard InChI is InChI=1S/C11H15Br2NO2S/c1-3-4-7(6-16-2)14-11(15)8-5-9(12)17-10(8)13/h5,7H,3-4,6H2,1-2H3,(H,14,15). The lowest BCUT2D eigenvalue weighted by Crippen LogP contribution is -2.37. The fraction of sp³-hybridized carbons (Fsp3) is 0.545. The van der Waals surface area contributed by atoms with E-state index in [1.54, 1.807) is 7.11 Å². The van der Waals surface area contributed by atoms with Gasteiger partial charge < -0.3 is 10.1 Å². The number of ether oxygens (including phenoxy) is 1. The Morgan fingerprint density at radius 2 is 2.29 bits per heavy atom. The summed E-state index contributed by atoms with van der Waals surface area (Å²) < 4.78 is 6.88. The van der Waals surface area contributed by atoms with Crippen molar-refractivity contribution < 1.29 is 9.53 Å². The quantitative estimate of drug-likeness (QED) is 0.809. The number of thiophene rings is 1. The van der Waals surface area contributed by atoms with Crippen molar-refractivity contribution in [3.63, 3.8) is 0 Å². The number of carbonyl (C=O) groups excluding carboxylic acids is 1. The van der Waals surface area contributed by atoms with Crippen LogP contribution in [0.5, 0.6) is 0 Å².